The number of hydrogen-bond donors (Lipinski definition) is 0. The minimum absolute atomic E-state index is 0.0999. The number of benzene rings is 1. The Hall–Kier alpha value is -1.56. The van der Waals surface area contributed by atoms with Crippen molar-refractivity contribution in [2.75, 3.05) is 12.0 Å². The van der Waals surface area contributed by atoms with Crippen LogP contribution in [-0.2, 0) is 23.4 Å². The van der Waals surface area contributed by atoms with E-state index in [4.69, 9.17) is 0 Å². The highest BCUT2D eigenvalue weighted by atomic mass is 32.2. The van der Waals surface area contributed by atoms with Gasteiger partial charge in [0.15, 0.2) is 0 Å². The predicted molar refractivity (Wildman–Crippen MR) is 71.5 cm³/mol. The molecule has 0 amide bonds. The van der Waals surface area contributed by atoms with Crippen LogP contribution in [0.3, 0.4) is 0 Å². The largest absolute Gasteiger partial charge is 0.328 e. The van der Waals surface area contributed by atoms with E-state index in [1.54, 1.807) is 16.2 Å². The summed E-state index contributed by atoms with van der Waals surface area (Å²) in [4.78, 5) is 12.0. The van der Waals surface area contributed by atoms with Gasteiger partial charge < -0.3 is 0 Å². The quantitative estimate of drug-likeness (QED) is 0.823. The summed E-state index contributed by atoms with van der Waals surface area (Å²) in [5.74, 6) is 0.0999. The van der Waals surface area contributed by atoms with E-state index in [2.05, 4.69) is 0 Å². The molecule has 0 saturated heterocycles. The van der Waals surface area contributed by atoms with Gasteiger partial charge in [0.1, 0.15) is 9.84 Å². The zero-order valence-electron chi connectivity index (χ0n) is 10.5. The molecule has 6 heteroatoms. The molecule has 0 bridgehead atoms. The van der Waals surface area contributed by atoms with Crippen molar-refractivity contribution in [1.29, 1.82) is 0 Å². The first-order chi connectivity index (χ1) is 8.40. The first-order valence-electron chi connectivity index (χ1n) is 5.72. The summed E-state index contributed by atoms with van der Waals surface area (Å²) in [5.41, 5.74) is 1.60. The van der Waals surface area contributed by atoms with Crippen molar-refractivity contribution in [3.8, 4) is 0 Å². The van der Waals surface area contributed by atoms with E-state index in [0.717, 1.165) is 11.0 Å². The average Bonchev–Trinajstić information content (AvgIpc) is 2.53. The SMILES string of the molecule is Cn1c(=O)n(CCCS(C)(=O)=O)c2ccccc21. The summed E-state index contributed by atoms with van der Waals surface area (Å²) in [6.07, 6.45) is 1.66. The van der Waals surface area contributed by atoms with Gasteiger partial charge in [0.25, 0.3) is 0 Å². The van der Waals surface area contributed by atoms with E-state index in [-0.39, 0.29) is 11.4 Å². The Bertz CT molecular complexity index is 725. The third-order valence-electron chi connectivity index (χ3n) is 2.95. The van der Waals surface area contributed by atoms with E-state index in [0.29, 0.717) is 13.0 Å². The van der Waals surface area contributed by atoms with Crippen molar-refractivity contribution in [3.05, 3.63) is 34.7 Å². The highest BCUT2D eigenvalue weighted by Crippen LogP contribution is 2.11. The molecule has 0 radical (unpaired) electrons. The smallest absolute Gasteiger partial charge is 0.295 e. The first-order valence-corrected chi connectivity index (χ1v) is 7.78. The van der Waals surface area contributed by atoms with Crippen LogP contribution in [-0.4, -0.2) is 29.6 Å². The molecule has 2 aromatic rings. The lowest BCUT2D eigenvalue weighted by Gasteiger charge is -2.02. The molecule has 0 aliphatic carbocycles. The molecule has 5 nitrogen and oxygen atoms in total. The zero-order valence-corrected chi connectivity index (χ0v) is 11.3. The third-order valence-corrected chi connectivity index (χ3v) is 3.98. The average molecular weight is 268 g/mol. The number of hydrogen-bond acceptors (Lipinski definition) is 3. The predicted octanol–water partition coefficient (Wildman–Crippen LogP) is 0.775. The van der Waals surface area contributed by atoms with E-state index in [1.165, 1.54) is 6.26 Å². The topological polar surface area (TPSA) is 61.1 Å². The molecular weight excluding hydrogens is 252 g/mol. The van der Waals surface area contributed by atoms with Crippen LogP contribution in [0.4, 0.5) is 0 Å². The van der Waals surface area contributed by atoms with Gasteiger partial charge in [-0.25, -0.2) is 13.2 Å². The normalized spacial score (nSPS) is 12.1. The Balaban J connectivity index is 2.34. The van der Waals surface area contributed by atoms with E-state index in [9.17, 15) is 13.2 Å². The highest BCUT2D eigenvalue weighted by Gasteiger charge is 2.10. The molecule has 18 heavy (non-hydrogen) atoms. The maximum Gasteiger partial charge on any atom is 0.328 e. The van der Waals surface area contributed by atoms with Crippen LogP contribution in [0.2, 0.25) is 0 Å². The number of imidazole rings is 1. The molecule has 1 aromatic carbocycles. The van der Waals surface area contributed by atoms with Crippen LogP contribution in [0, 0.1) is 0 Å². The van der Waals surface area contributed by atoms with Crippen LogP contribution >= 0.6 is 0 Å². The van der Waals surface area contributed by atoms with Crippen LogP contribution in [0.1, 0.15) is 6.42 Å². The molecule has 0 saturated carbocycles. The fraction of sp³-hybridized carbons (Fsp3) is 0.417. The van der Waals surface area contributed by atoms with Crippen molar-refractivity contribution in [2.24, 2.45) is 7.05 Å². The molecule has 0 unspecified atom stereocenters. The van der Waals surface area contributed by atoms with Gasteiger partial charge >= 0.3 is 5.69 Å². The molecule has 0 fully saturated rings. The molecule has 1 heterocycles. The van der Waals surface area contributed by atoms with Gasteiger partial charge in [-0.1, -0.05) is 12.1 Å². The lowest BCUT2D eigenvalue weighted by molar-refractivity contribution is 0.590. The number of fused-ring (bicyclic) bond motifs is 1. The van der Waals surface area contributed by atoms with Crippen molar-refractivity contribution >= 4 is 20.9 Å². The highest BCUT2D eigenvalue weighted by molar-refractivity contribution is 7.90. The lowest BCUT2D eigenvalue weighted by Crippen LogP contribution is -2.23. The molecule has 0 N–H and O–H groups in total. The summed E-state index contributed by atoms with van der Waals surface area (Å²) < 4.78 is 25.4. The molecule has 98 valence electrons. The molecular formula is C12H16N2O3S. The van der Waals surface area contributed by atoms with Crippen molar-refractivity contribution in [1.82, 2.24) is 9.13 Å². The fourth-order valence-corrected chi connectivity index (χ4v) is 2.72. The maximum absolute atomic E-state index is 12.0. The monoisotopic (exact) mass is 268 g/mol. The second kappa shape index (κ2) is 4.61. The molecule has 0 spiro atoms. The van der Waals surface area contributed by atoms with Crippen LogP contribution in [0.15, 0.2) is 29.1 Å². The second-order valence-corrected chi connectivity index (χ2v) is 6.73. The third kappa shape index (κ3) is 2.48. The minimum Gasteiger partial charge on any atom is -0.295 e. The van der Waals surface area contributed by atoms with Crippen molar-refractivity contribution < 1.29 is 8.42 Å². The van der Waals surface area contributed by atoms with E-state index >= 15 is 0 Å². The maximum atomic E-state index is 12.0. The minimum atomic E-state index is -2.98. The first kappa shape index (κ1) is 12.9. The molecule has 0 atom stereocenters. The van der Waals surface area contributed by atoms with Gasteiger partial charge in [-0.3, -0.25) is 9.13 Å². The number of sulfone groups is 1. The second-order valence-electron chi connectivity index (χ2n) is 4.47. The number of aryl methyl sites for hydroxylation is 2. The summed E-state index contributed by atoms with van der Waals surface area (Å²) >= 11 is 0. The van der Waals surface area contributed by atoms with E-state index < -0.39 is 9.84 Å². The summed E-state index contributed by atoms with van der Waals surface area (Å²) in [6.45, 7) is 0.424. The number of para-hydroxylation sites is 2. The van der Waals surface area contributed by atoms with Gasteiger partial charge in [0.2, 0.25) is 0 Å². The van der Waals surface area contributed by atoms with Crippen LogP contribution in [0.5, 0.6) is 0 Å². The molecule has 0 aliphatic heterocycles. The Morgan fingerprint density at radius 2 is 1.78 bits per heavy atom. The van der Waals surface area contributed by atoms with Crippen LogP contribution < -0.4 is 5.69 Å². The fourth-order valence-electron chi connectivity index (χ4n) is 2.06. The lowest BCUT2D eigenvalue weighted by atomic mass is 10.3. The van der Waals surface area contributed by atoms with Gasteiger partial charge in [0, 0.05) is 19.8 Å². The zero-order chi connectivity index (χ0) is 13.3. The Morgan fingerprint density at radius 1 is 1.17 bits per heavy atom. The number of rotatable bonds is 4. The van der Waals surface area contributed by atoms with Crippen LogP contribution in [0.25, 0.3) is 11.0 Å². The molecule has 1 aromatic heterocycles. The molecule has 2 rings (SSSR count). The summed E-state index contributed by atoms with van der Waals surface area (Å²) in [7, 11) is -1.26. The number of nitrogens with zero attached hydrogens (tertiary/aromatic N) is 2. The molecule has 0 aliphatic rings. The van der Waals surface area contributed by atoms with Gasteiger partial charge in [0.05, 0.1) is 16.8 Å². The number of aromatic nitrogens is 2. The van der Waals surface area contributed by atoms with Gasteiger partial charge in [-0.05, 0) is 18.6 Å². The van der Waals surface area contributed by atoms with E-state index in [1.807, 2.05) is 24.3 Å². The van der Waals surface area contributed by atoms with Gasteiger partial charge in [-0.15, -0.1) is 0 Å². The summed E-state index contributed by atoms with van der Waals surface area (Å²) in [6, 6.07) is 7.50. The summed E-state index contributed by atoms with van der Waals surface area (Å²) in [5, 5.41) is 0. The van der Waals surface area contributed by atoms with Crippen molar-refractivity contribution in [3.63, 3.8) is 0 Å². The standard InChI is InChI=1S/C12H16N2O3S/c1-13-10-6-3-4-7-11(10)14(12(13)15)8-5-9-18(2,16)17/h3-4,6-7H,5,8-9H2,1-2H3. The van der Waals surface area contributed by atoms with Gasteiger partial charge in [-0.2, -0.15) is 0 Å². The van der Waals surface area contributed by atoms with Crippen molar-refractivity contribution in [2.45, 2.75) is 13.0 Å². The Labute approximate surface area is 106 Å². The Morgan fingerprint density at radius 3 is 2.39 bits per heavy atom. The Kier molecular flexibility index (Phi) is 3.30.